The standard InChI is InChI=1S/C19H22N2O4/c1-13(2)25-15-10-8-14(9-11-15)21-18(22)12-20-17-7-5-4-6-16(17)19(23)24-3/h4-11,13,20H,12H2,1-3H3,(H,21,22). The molecule has 0 unspecified atom stereocenters. The maximum Gasteiger partial charge on any atom is 0.339 e. The van der Waals surface area contributed by atoms with Crippen LogP contribution >= 0.6 is 0 Å². The molecule has 25 heavy (non-hydrogen) atoms. The second-order valence-corrected chi connectivity index (χ2v) is 5.63. The highest BCUT2D eigenvalue weighted by molar-refractivity contribution is 5.98. The number of hydrogen-bond acceptors (Lipinski definition) is 5. The summed E-state index contributed by atoms with van der Waals surface area (Å²) in [7, 11) is 1.32. The van der Waals surface area contributed by atoms with E-state index in [2.05, 4.69) is 10.6 Å². The van der Waals surface area contributed by atoms with Crippen molar-refractivity contribution in [1.82, 2.24) is 0 Å². The number of carbonyl (C=O) groups is 2. The molecule has 0 radical (unpaired) electrons. The topological polar surface area (TPSA) is 76.7 Å². The lowest BCUT2D eigenvalue weighted by Crippen LogP contribution is -2.22. The molecule has 0 aliphatic carbocycles. The monoisotopic (exact) mass is 342 g/mol. The van der Waals surface area contributed by atoms with Crippen LogP contribution in [0.25, 0.3) is 0 Å². The van der Waals surface area contributed by atoms with Gasteiger partial charge in [0.2, 0.25) is 5.91 Å². The van der Waals surface area contributed by atoms with Crippen LogP contribution in [-0.4, -0.2) is 31.6 Å². The molecule has 0 fully saturated rings. The zero-order valence-electron chi connectivity index (χ0n) is 14.5. The SMILES string of the molecule is COC(=O)c1ccccc1NCC(=O)Nc1ccc(OC(C)C)cc1. The van der Waals surface area contributed by atoms with Gasteiger partial charge in [0.1, 0.15) is 5.75 Å². The highest BCUT2D eigenvalue weighted by Crippen LogP contribution is 2.18. The van der Waals surface area contributed by atoms with Gasteiger partial charge >= 0.3 is 5.97 Å². The second kappa shape index (κ2) is 8.73. The van der Waals surface area contributed by atoms with Gasteiger partial charge in [-0.3, -0.25) is 4.79 Å². The predicted molar refractivity (Wildman–Crippen MR) is 97.1 cm³/mol. The van der Waals surface area contributed by atoms with Crippen molar-refractivity contribution >= 4 is 23.3 Å². The van der Waals surface area contributed by atoms with E-state index in [9.17, 15) is 9.59 Å². The number of benzene rings is 2. The molecule has 0 aliphatic heterocycles. The Balaban J connectivity index is 1.92. The average Bonchev–Trinajstić information content (AvgIpc) is 2.61. The molecule has 2 aromatic rings. The Kier molecular flexibility index (Phi) is 6.39. The minimum atomic E-state index is -0.454. The van der Waals surface area contributed by atoms with E-state index in [0.717, 1.165) is 5.75 Å². The molecule has 2 rings (SSSR count). The fraction of sp³-hybridized carbons (Fsp3) is 0.263. The molecule has 1 amide bonds. The van der Waals surface area contributed by atoms with Gasteiger partial charge in [-0.2, -0.15) is 0 Å². The molecule has 6 nitrogen and oxygen atoms in total. The Hall–Kier alpha value is -3.02. The van der Waals surface area contributed by atoms with Crippen LogP contribution in [0, 0.1) is 0 Å². The highest BCUT2D eigenvalue weighted by Gasteiger charge is 2.11. The van der Waals surface area contributed by atoms with Crippen LogP contribution in [0.1, 0.15) is 24.2 Å². The van der Waals surface area contributed by atoms with Gasteiger partial charge < -0.3 is 20.1 Å². The minimum Gasteiger partial charge on any atom is -0.491 e. The van der Waals surface area contributed by atoms with Crippen LogP contribution in [0.2, 0.25) is 0 Å². The summed E-state index contributed by atoms with van der Waals surface area (Å²) in [6.45, 7) is 3.93. The predicted octanol–water partition coefficient (Wildman–Crippen LogP) is 3.31. The molecule has 0 aliphatic rings. The molecule has 0 saturated carbocycles. The molecule has 6 heteroatoms. The van der Waals surface area contributed by atoms with E-state index in [-0.39, 0.29) is 18.6 Å². The number of rotatable bonds is 7. The minimum absolute atomic E-state index is 0.0260. The van der Waals surface area contributed by atoms with E-state index in [1.165, 1.54) is 7.11 Å². The Morgan fingerprint density at radius 3 is 2.36 bits per heavy atom. The summed E-state index contributed by atoms with van der Waals surface area (Å²) in [5.41, 5.74) is 1.60. The second-order valence-electron chi connectivity index (χ2n) is 5.63. The Labute approximate surface area is 147 Å². The van der Waals surface area contributed by atoms with Gasteiger partial charge in [0.25, 0.3) is 0 Å². The van der Waals surface area contributed by atoms with E-state index in [0.29, 0.717) is 16.9 Å². The fourth-order valence-corrected chi connectivity index (χ4v) is 2.19. The number of para-hydroxylation sites is 1. The molecule has 132 valence electrons. The number of amides is 1. The van der Waals surface area contributed by atoms with Crippen LogP contribution in [-0.2, 0) is 9.53 Å². The molecule has 0 bridgehead atoms. The maximum absolute atomic E-state index is 12.1. The lowest BCUT2D eigenvalue weighted by molar-refractivity contribution is -0.114. The summed E-state index contributed by atoms with van der Waals surface area (Å²) in [5.74, 6) is 0.0691. The summed E-state index contributed by atoms with van der Waals surface area (Å²) < 4.78 is 10.3. The van der Waals surface area contributed by atoms with Crippen molar-refractivity contribution in [3.05, 3.63) is 54.1 Å². The van der Waals surface area contributed by atoms with Crippen molar-refractivity contribution in [1.29, 1.82) is 0 Å². The van der Waals surface area contributed by atoms with Crippen molar-refractivity contribution in [3.8, 4) is 5.75 Å². The zero-order chi connectivity index (χ0) is 18.2. The molecular formula is C19H22N2O4. The van der Waals surface area contributed by atoms with Crippen LogP contribution in [0.15, 0.2) is 48.5 Å². The number of ether oxygens (including phenoxy) is 2. The Morgan fingerprint density at radius 1 is 1.04 bits per heavy atom. The van der Waals surface area contributed by atoms with Crippen LogP contribution in [0.5, 0.6) is 5.75 Å². The first-order valence-electron chi connectivity index (χ1n) is 7.97. The lowest BCUT2D eigenvalue weighted by Gasteiger charge is -2.12. The van der Waals surface area contributed by atoms with E-state index < -0.39 is 5.97 Å². The summed E-state index contributed by atoms with van der Waals surface area (Å²) in [5, 5.41) is 5.73. The van der Waals surface area contributed by atoms with Gasteiger partial charge in [-0.05, 0) is 50.2 Å². The van der Waals surface area contributed by atoms with Crippen molar-refractivity contribution in [2.75, 3.05) is 24.3 Å². The van der Waals surface area contributed by atoms with Gasteiger partial charge in [-0.25, -0.2) is 4.79 Å². The number of methoxy groups -OCH3 is 1. The van der Waals surface area contributed by atoms with Crippen molar-refractivity contribution in [2.24, 2.45) is 0 Å². The third kappa shape index (κ3) is 5.53. The van der Waals surface area contributed by atoms with Crippen molar-refractivity contribution in [3.63, 3.8) is 0 Å². The average molecular weight is 342 g/mol. The summed E-state index contributed by atoms with van der Waals surface area (Å²) in [4.78, 5) is 23.8. The van der Waals surface area contributed by atoms with Crippen LogP contribution < -0.4 is 15.4 Å². The molecule has 0 saturated heterocycles. The van der Waals surface area contributed by atoms with E-state index in [1.54, 1.807) is 48.5 Å². The molecule has 0 heterocycles. The lowest BCUT2D eigenvalue weighted by atomic mass is 10.2. The first-order chi connectivity index (χ1) is 12.0. The molecular weight excluding hydrogens is 320 g/mol. The molecule has 0 aromatic heterocycles. The number of esters is 1. The van der Waals surface area contributed by atoms with E-state index in [1.807, 2.05) is 13.8 Å². The number of nitrogens with one attached hydrogen (secondary N) is 2. The quantitative estimate of drug-likeness (QED) is 0.755. The summed E-state index contributed by atoms with van der Waals surface area (Å²) >= 11 is 0. The Bertz CT molecular complexity index is 726. The number of carbonyl (C=O) groups excluding carboxylic acids is 2. The first kappa shape index (κ1) is 18.3. The molecule has 0 spiro atoms. The van der Waals surface area contributed by atoms with Gasteiger partial charge in [0.15, 0.2) is 0 Å². The summed E-state index contributed by atoms with van der Waals surface area (Å²) in [6.07, 6.45) is 0.0968. The van der Waals surface area contributed by atoms with Gasteiger partial charge in [-0.15, -0.1) is 0 Å². The molecule has 2 aromatic carbocycles. The number of anilines is 2. The molecule has 0 atom stereocenters. The third-order valence-electron chi connectivity index (χ3n) is 3.28. The zero-order valence-corrected chi connectivity index (χ0v) is 14.5. The molecule has 2 N–H and O–H groups in total. The normalized spacial score (nSPS) is 10.2. The van der Waals surface area contributed by atoms with Gasteiger partial charge in [0.05, 0.1) is 25.3 Å². The van der Waals surface area contributed by atoms with Crippen molar-refractivity contribution < 1.29 is 19.1 Å². The Morgan fingerprint density at radius 2 is 1.72 bits per heavy atom. The third-order valence-corrected chi connectivity index (χ3v) is 3.28. The van der Waals surface area contributed by atoms with E-state index >= 15 is 0 Å². The van der Waals surface area contributed by atoms with Crippen molar-refractivity contribution in [2.45, 2.75) is 20.0 Å². The number of hydrogen-bond donors (Lipinski definition) is 2. The maximum atomic E-state index is 12.1. The van der Waals surface area contributed by atoms with E-state index in [4.69, 9.17) is 9.47 Å². The smallest absolute Gasteiger partial charge is 0.339 e. The van der Waals surface area contributed by atoms with Crippen LogP contribution in [0.3, 0.4) is 0 Å². The fourth-order valence-electron chi connectivity index (χ4n) is 2.19. The largest absolute Gasteiger partial charge is 0.491 e. The van der Waals surface area contributed by atoms with Crippen LogP contribution in [0.4, 0.5) is 11.4 Å². The van der Waals surface area contributed by atoms with Gasteiger partial charge in [-0.1, -0.05) is 12.1 Å². The summed E-state index contributed by atoms with van der Waals surface area (Å²) in [6, 6.07) is 14.0. The van der Waals surface area contributed by atoms with Gasteiger partial charge in [0, 0.05) is 11.4 Å². The first-order valence-corrected chi connectivity index (χ1v) is 7.97. The highest BCUT2D eigenvalue weighted by atomic mass is 16.5.